The molecule has 0 rings (SSSR count). The summed E-state index contributed by atoms with van der Waals surface area (Å²) in [4.78, 5) is 0. The molecule has 0 amide bonds. The van der Waals surface area contributed by atoms with E-state index in [1.54, 1.807) is 0 Å². The first-order valence-electron chi connectivity index (χ1n) is 2.72. The Balaban J connectivity index is 3.15. The van der Waals surface area contributed by atoms with Crippen LogP contribution in [0.3, 0.4) is 0 Å². The van der Waals surface area contributed by atoms with E-state index in [1.807, 2.05) is 0 Å². The molecule has 1 nitrogen and oxygen atoms in total. The lowest BCUT2D eigenvalue weighted by Crippen LogP contribution is -2.30. The first-order chi connectivity index (χ1) is 3.06. The zero-order valence-corrected chi connectivity index (χ0v) is 5.73. The van der Waals surface area contributed by atoms with Gasteiger partial charge >= 0.3 is 0 Å². The molecule has 0 aromatic carbocycles. The first kappa shape index (κ1) is 6.96. The fourth-order valence-electron chi connectivity index (χ4n) is 0.548. The van der Waals surface area contributed by atoms with E-state index in [-0.39, 0.29) is 0 Å². The predicted molar refractivity (Wildman–Crippen MR) is 32.6 cm³/mol. The van der Waals surface area contributed by atoms with Gasteiger partial charge in [-0.25, -0.2) is 0 Å². The number of hydrogen-bond donors (Lipinski definition) is 0. The third kappa shape index (κ3) is 5.96. The van der Waals surface area contributed by atoms with Crippen LogP contribution in [0.2, 0.25) is 0 Å². The van der Waals surface area contributed by atoms with Crippen LogP contribution in [0, 0.1) is 6.54 Å². The molecule has 0 bridgehead atoms. The van der Waals surface area contributed by atoms with E-state index in [9.17, 15) is 0 Å². The highest BCUT2D eigenvalue weighted by atomic mass is 15.3. The molecule has 0 saturated carbocycles. The van der Waals surface area contributed by atoms with Gasteiger partial charge in [-0.2, -0.15) is 0 Å². The topological polar surface area (TPSA) is 0 Å². The molecule has 1 radical (unpaired) electrons. The van der Waals surface area contributed by atoms with Gasteiger partial charge in [0.05, 0.1) is 21.1 Å². The van der Waals surface area contributed by atoms with Crippen molar-refractivity contribution >= 4 is 0 Å². The Hall–Kier alpha value is -0.0400. The molecule has 0 aliphatic rings. The Morgan fingerprint density at radius 1 is 1.29 bits per heavy atom. The fourth-order valence-corrected chi connectivity index (χ4v) is 0.548. The predicted octanol–water partition coefficient (Wildman–Crippen LogP) is 1.26. The second-order valence-corrected chi connectivity index (χ2v) is 2.71. The van der Waals surface area contributed by atoms with E-state index < -0.39 is 0 Å². The molecule has 0 unspecified atom stereocenters. The van der Waals surface area contributed by atoms with E-state index in [2.05, 4.69) is 34.6 Å². The van der Waals surface area contributed by atoms with Gasteiger partial charge in [0.1, 0.15) is 6.54 Å². The van der Waals surface area contributed by atoms with Crippen LogP contribution in [0.25, 0.3) is 0 Å². The van der Waals surface area contributed by atoms with E-state index in [0.29, 0.717) is 0 Å². The van der Waals surface area contributed by atoms with E-state index in [4.69, 9.17) is 0 Å². The highest BCUT2D eigenvalue weighted by Gasteiger charge is 2.03. The Morgan fingerprint density at radius 3 is 1.71 bits per heavy atom. The normalized spacial score (nSPS) is 12.0. The molecular formula is C6H15N+. The molecule has 0 aliphatic heterocycles. The van der Waals surface area contributed by atoms with Gasteiger partial charge < -0.3 is 4.48 Å². The van der Waals surface area contributed by atoms with Crippen molar-refractivity contribution in [3.05, 3.63) is 6.54 Å². The lowest BCUT2D eigenvalue weighted by atomic mass is 10.4. The van der Waals surface area contributed by atoms with Gasteiger partial charge in [-0.1, -0.05) is 6.92 Å². The van der Waals surface area contributed by atoms with Gasteiger partial charge in [0.15, 0.2) is 0 Å². The molecule has 0 spiro atoms. The summed E-state index contributed by atoms with van der Waals surface area (Å²) < 4.78 is 0.969. The van der Waals surface area contributed by atoms with E-state index in [0.717, 1.165) is 10.9 Å². The molecule has 0 aromatic rings. The minimum absolute atomic E-state index is 0.969. The molecule has 0 N–H and O–H groups in total. The van der Waals surface area contributed by atoms with Crippen molar-refractivity contribution in [2.45, 2.75) is 13.3 Å². The van der Waals surface area contributed by atoms with Crippen LogP contribution < -0.4 is 0 Å². The van der Waals surface area contributed by atoms with Crippen LogP contribution in [-0.2, 0) is 0 Å². The van der Waals surface area contributed by atoms with Gasteiger partial charge in [0.25, 0.3) is 0 Å². The Morgan fingerprint density at radius 2 is 1.71 bits per heavy atom. The smallest absolute Gasteiger partial charge is 0.141 e. The molecule has 1 heteroatoms. The highest BCUT2D eigenvalue weighted by molar-refractivity contribution is 4.40. The fraction of sp³-hybridized carbons (Fsp3) is 0.833. The Kier molecular flexibility index (Phi) is 2.30. The maximum Gasteiger partial charge on any atom is 0.141 e. The molecule has 0 atom stereocenters. The van der Waals surface area contributed by atoms with Crippen LogP contribution in [-0.4, -0.2) is 25.6 Å². The van der Waals surface area contributed by atoms with Gasteiger partial charge in [0, 0.05) is 6.42 Å². The Labute approximate surface area is 46.5 Å². The summed E-state index contributed by atoms with van der Waals surface area (Å²) in [5.74, 6) is 0. The van der Waals surface area contributed by atoms with Crippen LogP contribution in [0.15, 0.2) is 0 Å². The van der Waals surface area contributed by atoms with Crippen molar-refractivity contribution in [1.29, 1.82) is 0 Å². The monoisotopic (exact) mass is 101 g/mol. The van der Waals surface area contributed by atoms with Gasteiger partial charge in [0.2, 0.25) is 0 Å². The standard InChI is InChI=1S/C6H15N/c1-5-6-7(2,3)4/h6H,5H2,1-4H3/q+1. The number of rotatable bonds is 2. The van der Waals surface area contributed by atoms with Gasteiger partial charge in [-0.15, -0.1) is 0 Å². The average Bonchev–Trinajstić information content (AvgIpc) is 1.30. The molecule has 0 fully saturated rings. The van der Waals surface area contributed by atoms with Crippen LogP contribution in [0.5, 0.6) is 0 Å². The molecule has 0 aromatic heterocycles. The molecule has 0 saturated heterocycles. The van der Waals surface area contributed by atoms with Gasteiger partial charge in [-0.05, 0) is 0 Å². The minimum Gasteiger partial charge on any atom is -0.324 e. The third-order valence-electron chi connectivity index (χ3n) is 0.730. The van der Waals surface area contributed by atoms with Crippen molar-refractivity contribution in [2.24, 2.45) is 0 Å². The van der Waals surface area contributed by atoms with Crippen molar-refractivity contribution in [3.8, 4) is 0 Å². The van der Waals surface area contributed by atoms with E-state index in [1.165, 1.54) is 0 Å². The van der Waals surface area contributed by atoms with Crippen molar-refractivity contribution in [2.75, 3.05) is 21.1 Å². The van der Waals surface area contributed by atoms with Gasteiger partial charge in [-0.3, -0.25) is 0 Å². The van der Waals surface area contributed by atoms with Crippen molar-refractivity contribution < 1.29 is 4.48 Å². The van der Waals surface area contributed by atoms with Crippen LogP contribution in [0.1, 0.15) is 13.3 Å². The minimum atomic E-state index is 0.969. The number of nitrogens with zero attached hydrogens (tertiary/aromatic N) is 1. The van der Waals surface area contributed by atoms with Crippen molar-refractivity contribution in [3.63, 3.8) is 0 Å². The largest absolute Gasteiger partial charge is 0.324 e. The zero-order valence-electron chi connectivity index (χ0n) is 5.73. The second kappa shape index (κ2) is 2.31. The molecule has 0 aliphatic carbocycles. The average molecular weight is 101 g/mol. The molecule has 0 heterocycles. The van der Waals surface area contributed by atoms with Crippen LogP contribution in [0.4, 0.5) is 0 Å². The molecular weight excluding hydrogens is 86.1 g/mol. The lowest BCUT2D eigenvalue weighted by Gasteiger charge is -2.21. The number of hydrogen-bond acceptors (Lipinski definition) is 0. The summed E-state index contributed by atoms with van der Waals surface area (Å²) in [5.41, 5.74) is 0. The summed E-state index contributed by atoms with van der Waals surface area (Å²) in [5, 5.41) is 0. The maximum absolute atomic E-state index is 2.25. The summed E-state index contributed by atoms with van der Waals surface area (Å²) >= 11 is 0. The maximum atomic E-state index is 2.25. The SMILES string of the molecule is CC[CH][N+](C)(C)C. The third-order valence-corrected chi connectivity index (χ3v) is 0.730. The Bertz CT molecular complexity index is 42.6. The highest BCUT2D eigenvalue weighted by Crippen LogP contribution is 1.96. The van der Waals surface area contributed by atoms with E-state index >= 15 is 0 Å². The summed E-state index contributed by atoms with van der Waals surface area (Å²) in [7, 11) is 6.47. The molecule has 43 valence electrons. The lowest BCUT2D eigenvalue weighted by molar-refractivity contribution is -0.840. The number of quaternary nitrogens is 1. The summed E-state index contributed by atoms with van der Waals surface area (Å²) in [6, 6.07) is 0. The first-order valence-corrected chi connectivity index (χ1v) is 2.72. The summed E-state index contributed by atoms with van der Waals surface area (Å²) in [6.07, 6.45) is 1.16. The summed E-state index contributed by atoms with van der Waals surface area (Å²) in [6.45, 7) is 4.41. The second-order valence-electron chi connectivity index (χ2n) is 2.71. The van der Waals surface area contributed by atoms with Crippen molar-refractivity contribution in [1.82, 2.24) is 0 Å². The quantitative estimate of drug-likeness (QED) is 0.459. The molecule has 7 heavy (non-hydrogen) atoms. The zero-order chi connectivity index (χ0) is 5.91. The van der Waals surface area contributed by atoms with Crippen LogP contribution >= 0.6 is 0 Å².